The smallest absolute Gasteiger partial charge is 0.299 e. The molecule has 0 radical (unpaired) electrons. The summed E-state index contributed by atoms with van der Waals surface area (Å²) in [4.78, 5) is 4.02. The molecule has 1 heterocycles. The topological polar surface area (TPSA) is 90.0 Å². The number of alkyl halides is 3. The van der Waals surface area contributed by atoms with Crippen LogP contribution in [-0.2, 0) is 16.4 Å². The van der Waals surface area contributed by atoms with Crippen molar-refractivity contribution >= 4 is 37.4 Å². The van der Waals surface area contributed by atoms with Gasteiger partial charge in [-0.3, -0.25) is 9.29 Å². The highest BCUT2D eigenvalue weighted by molar-refractivity contribution is 7.90. The van der Waals surface area contributed by atoms with E-state index in [4.69, 9.17) is 5.14 Å². The van der Waals surface area contributed by atoms with Crippen molar-refractivity contribution in [1.29, 1.82) is 0 Å². The van der Waals surface area contributed by atoms with E-state index in [0.717, 1.165) is 27.7 Å². The van der Waals surface area contributed by atoms with Gasteiger partial charge in [0.05, 0.1) is 0 Å². The van der Waals surface area contributed by atoms with E-state index in [0.29, 0.717) is 11.3 Å². The average molecular weight is 482 g/mol. The summed E-state index contributed by atoms with van der Waals surface area (Å²) in [5, 5.41) is 8.25. The summed E-state index contributed by atoms with van der Waals surface area (Å²) >= 11 is 0. The number of rotatable bonds is 4. The SMILES string of the molecule is NS(=O)(=O)Nc1ccc(-n2cc(C(F)(F)F)nc2-c2c3ccccc3cc3ccccc23)cc1. The van der Waals surface area contributed by atoms with Crippen LogP contribution in [0.4, 0.5) is 18.9 Å². The third-order valence-corrected chi connectivity index (χ3v) is 5.92. The fourth-order valence-corrected chi connectivity index (χ4v) is 4.46. The van der Waals surface area contributed by atoms with Gasteiger partial charge in [0.25, 0.3) is 10.2 Å². The molecule has 0 spiro atoms. The van der Waals surface area contributed by atoms with E-state index in [1.807, 2.05) is 54.6 Å². The molecule has 0 bridgehead atoms. The van der Waals surface area contributed by atoms with Crippen molar-refractivity contribution in [3.8, 4) is 17.1 Å². The van der Waals surface area contributed by atoms with Crippen molar-refractivity contribution in [2.45, 2.75) is 6.18 Å². The summed E-state index contributed by atoms with van der Waals surface area (Å²) in [6.07, 6.45) is -3.72. The van der Waals surface area contributed by atoms with Crippen molar-refractivity contribution in [3.05, 3.63) is 90.8 Å². The summed E-state index contributed by atoms with van der Waals surface area (Å²) in [7, 11) is -3.99. The zero-order chi connectivity index (χ0) is 24.1. The number of nitrogens with two attached hydrogens (primary N) is 1. The normalized spacial score (nSPS) is 12.4. The minimum Gasteiger partial charge on any atom is -0.299 e. The highest BCUT2D eigenvalue weighted by atomic mass is 32.2. The molecule has 0 aliphatic heterocycles. The molecule has 10 heteroatoms. The van der Waals surface area contributed by atoms with Crippen LogP contribution in [0, 0.1) is 0 Å². The molecule has 172 valence electrons. The molecule has 0 aliphatic carbocycles. The second-order valence-electron chi connectivity index (χ2n) is 7.71. The number of imidazole rings is 1. The molecule has 0 amide bonds. The van der Waals surface area contributed by atoms with Crippen LogP contribution in [0.2, 0.25) is 0 Å². The predicted molar refractivity (Wildman–Crippen MR) is 126 cm³/mol. The Morgan fingerprint density at radius 3 is 1.94 bits per heavy atom. The Balaban J connectivity index is 1.79. The average Bonchev–Trinajstić information content (AvgIpc) is 3.22. The first kappa shape index (κ1) is 21.9. The highest BCUT2D eigenvalue weighted by Gasteiger charge is 2.35. The van der Waals surface area contributed by atoms with Gasteiger partial charge in [-0.25, -0.2) is 10.1 Å². The van der Waals surface area contributed by atoms with Crippen LogP contribution in [0.1, 0.15) is 5.69 Å². The van der Waals surface area contributed by atoms with Crippen molar-refractivity contribution in [1.82, 2.24) is 9.55 Å². The lowest BCUT2D eigenvalue weighted by Crippen LogP contribution is -2.21. The first-order valence-electron chi connectivity index (χ1n) is 10.1. The minimum absolute atomic E-state index is 0.118. The first-order valence-corrected chi connectivity index (χ1v) is 11.6. The van der Waals surface area contributed by atoms with Crippen molar-refractivity contribution < 1.29 is 21.6 Å². The Morgan fingerprint density at radius 2 is 1.41 bits per heavy atom. The number of aromatic nitrogens is 2. The number of nitrogens with zero attached hydrogens (tertiary/aromatic N) is 2. The number of halogens is 3. The molecule has 0 atom stereocenters. The van der Waals surface area contributed by atoms with E-state index in [1.54, 1.807) is 0 Å². The maximum absolute atomic E-state index is 13.7. The number of nitrogens with one attached hydrogen (secondary N) is 1. The van der Waals surface area contributed by atoms with Gasteiger partial charge in [0, 0.05) is 23.1 Å². The van der Waals surface area contributed by atoms with Crippen LogP contribution < -0.4 is 9.86 Å². The number of hydrogen-bond donors (Lipinski definition) is 2. The molecule has 0 unspecified atom stereocenters. The molecular weight excluding hydrogens is 465 g/mol. The lowest BCUT2D eigenvalue weighted by molar-refractivity contribution is -0.140. The fourth-order valence-electron chi connectivity index (χ4n) is 4.00. The van der Waals surface area contributed by atoms with Crippen molar-refractivity contribution in [3.63, 3.8) is 0 Å². The van der Waals surface area contributed by atoms with Crippen molar-refractivity contribution in [2.75, 3.05) is 4.72 Å². The molecule has 34 heavy (non-hydrogen) atoms. The number of hydrogen-bond acceptors (Lipinski definition) is 3. The molecule has 1 aromatic heterocycles. The Kier molecular flexibility index (Phi) is 5.07. The van der Waals surface area contributed by atoms with Crippen LogP contribution in [0.15, 0.2) is 85.1 Å². The molecule has 3 N–H and O–H groups in total. The number of fused-ring (bicyclic) bond motifs is 2. The quantitative estimate of drug-likeness (QED) is 0.333. The maximum atomic E-state index is 13.7. The molecule has 4 aromatic carbocycles. The molecule has 0 saturated heterocycles. The largest absolute Gasteiger partial charge is 0.434 e. The third kappa shape index (κ3) is 4.09. The molecule has 6 nitrogen and oxygen atoms in total. The van der Waals surface area contributed by atoms with Gasteiger partial charge in [-0.1, -0.05) is 48.5 Å². The highest BCUT2D eigenvalue weighted by Crippen LogP contribution is 2.39. The fraction of sp³-hybridized carbons (Fsp3) is 0.0417. The van der Waals surface area contributed by atoms with Crippen LogP contribution in [-0.4, -0.2) is 18.0 Å². The Labute approximate surface area is 192 Å². The monoisotopic (exact) mass is 482 g/mol. The predicted octanol–water partition coefficient (Wildman–Crippen LogP) is 5.48. The summed E-state index contributed by atoms with van der Waals surface area (Å²) in [6, 6.07) is 22.7. The number of anilines is 1. The summed E-state index contributed by atoms with van der Waals surface area (Å²) in [5.41, 5.74) is 0.0803. The molecule has 0 saturated carbocycles. The number of benzene rings is 4. The van der Waals surface area contributed by atoms with Gasteiger partial charge in [0.2, 0.25) is 0 Å². The molecule has 0 fully saturated rings. The lowest BCUT2D eigenvalue weighted by atomic mass is 9.96. The zero-order valence-electron chi connectivity index (χ0n) is 17.4. The van der Waals surface area contributed by atoms with Crippen LogP contribution >= 0.6 is 0 Å². The van der Waals surface area contributed by atoms with Crippen molar-refractivity contribution in [2.24, 2.45) is 5.14 Å². The minimum atomic E-state index is -4.66. The second-order valence-corrected chi connectivity index (χ2v) is 9.00. The van der Waals surface area contributed by atoms with Gasteiger partial charge >= 0.3 is 6.18 Å². The van der Waals surface area contributed by atoms with E-state index in [1.165, 1.54) is 28.8 Å². The Morgan fingerprint density at radius 1 is 0.853 bits per heavy atom. The van der Waals surface area contributed by atoms with E-state index in [9.17, 15) is 21.6 Å². The van der Waals surface area contributed by atoms with Gasteiger partial charge in [0.15, 0.2) is 5.69 Å². The van der Waals surface area contributed by atoms with E-state index >= 15 is 0 Å². The Bertz CT molecular complexity index is 1590. The lowest BCUT2D eigenvalue weighted by Gasteiger charge is -2.14. The zero-order valence-corrected chi connectivity index (χ0v) is 18.2. The van der Waals surface area contributed by atoms with Gasteiger partial charge in [0.1, 0.15) is 5.82 Å². The van der Waals surface area contributed by atoms with Gasteiger partial charge in [-0.2, -0.15) is 21.6 Å². The van der Waals surface area contributed by atoms with Crippen LogP contribution in [0.25, 0.3) is 38.6 Å². The maximum Gasteiger partial charge on any atom is 0.434 e. The second kappa shape index (κ2) is 7.86. The van der Waals surface area contributed by atoms with Crippen LogP contribution in [0.5, 0.6) is 0 Å². The molecule has 5 aromatic rings. The van der Waals surface area contributed by atoms with E-state index in [-0.39, 0.29) is 11.5 Å². The summed E-state index contributed by atoms with van der Waals surface area (Å²) in [5.74, 6) is 0.118. The van der Waals surface area contributed by atoms with Crippen LogP contribution in [0.3, 0.4) is 0 Å². The van der Waals surface area contributed by atoms with Gasteiger partial charge in [-0.15, -0.1) is 0 Å². The summed E-state index contributed by atoms with van der Waals surface area (Å²) in [6.45, 7) is 0. The molecule has 0 aliphatic rings. The Hall–Kier alpha value is -3.89. The standard InChI is InChI=1S/C24H17F3N4O2S/c25-24(26,27)21-14-31(18-11-9-17(10-12-18)30-34(28,32)33)23(29-21)22-19-7-3-1-5-15(19)13-16-6-2-4-8-20(16)22/h1-14,30H,(H2,28,32,33). The molecule has 5 rings (SSSR count). The molecular formula is C24H17F3N4O2S. The first-order chi connectivity index (χ1) is 16.1. The van der Waals surface area contributed by atoms with Gasteiger partial charge in [-0.05, 0) is 51.9 Å². The van der Waals surface area contributed by atoms with E-state index in [2.05, 4.69) is 9.71 Å². The van der Waals surface area contributed by atoms with Gasteiger partial charge < -0.3 is 0 Å². The third-order valence-electron chi connectivity index (χ3n) is 5.40. The summed E-state index contributed by atoms with van der Waals surface area (Å²) < 4.78 is 67.2. The van der Waals surface area contributed by atoms with E-state index < -0.39 is 22.1 Å².